The van der Waals surface area contributed by atoms with Crippen molar-refractivity contribution in [2.45, 2.75) is 88.9 Å². The summed E-state index contributed by atoms with van der Waals surface area (Å²) >= 11 is 6.14. The van der Waals surface area contributed by atoms with Gasteiger partial charge in [-0.15, -0.1) is 0 Å². The Bertz CT molecular complexity index is 2100. The van der Waals surface area contributed by atoms with Crippen molar-refractivity contribution in [1.82, 2.24) is 14.0 Å². The number of benzene rings is 3. The molecule has 0 bridgehead atoms. The summed E-state index contributed by atoms with van der Waals surface area (Å²) in [4.78, 5) is 58.7. The molecule has 2 atom stereocenters. The Morgan fingerprint density at radius 1 is 0.836 bits per heavy atom. The number of unbranched alkanes of at least 4 members (excludes halogenated alkanes) is 7. The highest BCUT2D eigenvalue weighted by molar-refractivity contribution is 6.32. The lowest BCUT2D eigenvalue weighted by Gasteiger charge is -2.43. The summed E-state index contributed by atoms with van der Waals surface area (Å²) in [6.45, 7) is 5.08. The summed E-state index contributed by atoms with van der Waals surface area (Å²) in [6.07, 6.45) is 11.1. The average Bonchev–Trinajstić information content (AvgIpc) is 3.20. The highest BCUT2D eigenvalue weighted by Crippen LogP contribution is 2.44. The van der Waals surface area contributed by atoms with Crippen LogP contribution >= 0.6 is 11.6 Å². The number of carbonyl (C=O) groups is 1. The maximum absolute atomic E-state index is 13.9. The molecule has 0 N–H and O–H groups in total. The highest BCUT2D eigenvalue weighted by atomic mass is 35.5. The van der Waals surface area contributed by atoms with Gasteiger partial charge in [-0.05, 0) is 75.0 Å². The van der Waals surface area contributed by atoms with Crippen molar-refractivity contribution >= 4 is 34.6 Å². The van der Waals surface area contributed by atoms with Gasteiger partial charge in [0.2, 0.25) is 0 Å². The highest BCUT2D eigenvalue weighted by Gasteiger charge is 2.41. The number of ketones is 1. The number of aromatic nitrogens is 2. The molecule has 0 spiro atoms. The molecule has 2 aliphatic heterocycles. The molecule has 1 saturated heterocycles. The lowest BCUT2D eigenvalue weighted by molar-refractivity contribution is -0.384. The molecule has 0 radical (unpaired) electrons. The van der Waals surface area contributed by atoms with Gasteiger partial charge < -0.3 is 4.90 Å². The van der Waals surface area contributed by atoms with Gasteiger partial charge in [-0.1, -0.05) is 117 Å². The molecule has 1 aromatic heterocycles. The molecule has 0 amide bonds. The zero-order valence-electron chi connectivity index (χ0n) is 32.2. The van der Waals surface area contributed by atoms with Crippen LogP contribution in [0.25, 0.3) is 0 Å². The summed E-state index contributed by atoms with van der Waals surface area (Å²) in [7, 11) is 2.91. The molecule has 2 aliphatic rings. The molecule has 290 valence electrons. The molecule has 0 saturated carbocycles. The molecule has 3 aromatic carbocycles. The van der Waals surface area contributed by atoms with Gasteiger partial charge in [-0.3, -0.25) is 28.8 Å². The first-order valence-corrected chi connectivity index (χ1v) is 20.1. The predicted molar refractivity (Wildman–Crippen MR) is 219 cm³/mol. The third kappa shape index (κ3) is 8.60. The van der Waals surface area contributed by atoms with Crippen molar-refractivity contribution in [2.24, 2.45) is 25.0 Å². The van der Waals surface area contributed by atoms with Gasteiger partial charge >= 0.3 is 5.69 Å². The minimum absolute atomic E-state index is 0.0392. The van der Waals surface area contributed by atoms with E-state index >= 15 is 0 Å². The molecule has 10 nitrogen and oxygen atoms in total. The number of likely N-dealkylation sites (tertiary alicyclic amines) is 1. The van der Waals surface area contributed by atoms with Gasteiger partial charge in [0.05, 0.1) is 16.4 Å². The predicted octanol–water partition coefficient (Wildman–Crippen LogP) is 8.66. The Hall–Kier alpha value is -4.67. The standard InChI is InChI=1S/C44H52ClN5O5/c1-31-38(39(32-23-24-35(45)36(30-32)50(54)55)40-41(46-31)47(2)43(53)48(3)42(40)52)37(51)22-16-8-6-4-5-7-9-17-27-49-28-25-44(26-29-49,33-18-12-10-13-19-33)34-20-14-11-15-21-34/h10-15,18-21,23-24,30,38-39H,4-9,16-17,22,25-29H2,1-3H3. The fourth-order valence-corrected chi connectivity index (χ4v) is 9.01. The van der Waals surface area contributed by atoms with E-state index in [0.29, 0.717) is 24.1 Å². The first kappa shape index (κ1) is 40.0. The van der Waals surface area contributed by atoms with Crippen molar-refractivity contribution in [3.63, 3.8) is 0 Å². The fourth-order valence-electron chi connectivity index (χ4n) is 8.82. The van der Waals surface area contributed by atoms with Crippen LogP contribution in [0, 0.1) is 16.0 Å². The third-order valence-electron chi connectivity index (χ3n) is 11.9. The third-order valence-corrected chi connectivity index (χ3v) is 12.2. The van der Waals surface area contributed by atoms with E-state index in [1.54, 1.807) is 13.0 Å². The summed E-state index contributed by atoms with van der Waals surface area (Å²) in [5.74, 6) is -1.55. The van der Waals surface area contributed by atoms with Gasteiger partial charge in [0.25, 0.3) is 11.2 Å². The lowest BCUT2D eigenvalue weighted by Crippen LogP contribution is -2.44. The van der Waals surface area contributed by atoms with Gasteiger partial charge in [0, 0.05) is 43.6 Å². The number of rotatable bonds is 16. The number of halogens is 1. The number of hydrogen-bond donors (Lipinski definition) is 0. The number of piperidine rings is 1. The maximum Gasteiger partial charge on any atom is 0.332 e. The normalized spacial score (nSPS) is 18.1. The molecule has 6 rings (SSSR count). The maximum atomic E-state index is 13.9. The Kier molecular flexibility index (Phi) is 13.0. The Morgan fingerprint density at radius 2 is 1.40 bits per heavy atom. The zero-order valence-corrected chi connectivity index (χ0v) is 33.0. The molecule has 1 fully saturated rings. The molecule has 0 aliphatic carbocycles. The van der Waals surface area contributed by atoms with E-state index < -0.39 is 28.0 Å². The van der Waals surface area contributed by atoms with E-state index in [9.17, 15) is 24.5 Å². The Labute approximate surface area is 328 Å². The van der Waals surface area contributed by atoms with E-state index in [-0.39, 0.29) is 33.3 Å². The molecule has 11 heteroatoms. The second-order valence-corrected chi connectivity index (χ2v) is 15.7. The average molecular weight is 766 g/mol. The number of nitro groups is 1. The molecule has 2 unspecified atom stereocenters. The van der Waals surface area contributed by atoms with Crippen LogP contribution in [-0.2, 0) is 24.3 Å². The first-order valence-electron chi connectivity index (χ1n) is 19.7. The molecule has 4 aromatic rings. The van der Waals surface area contributed by atoms with Gasteiger partial charge in [0.15, 0.2) is 0 Å². The monoisotopic (exact) mass is 765 g/mol. The number of Topliss-reactive ketones (excluding diaryl/α,β-unsaturated/α-hetero) is 1. The number of carbonyl (C=O) groups excluding carboxylic acids is 1. The van der Waals surface area contributed by atoms with E-state index in [1.807, 2.05) is 0 Å². The summed E-state index contributed by atoms with van der Waals surface area (Å²) in [6, 6.07) is 26.4. The second kappa shape index (κ2) is 17.9. The fraction of sp³-hybridized carbons (Fsp3) is 0.455. The van der Waals surface area contributed by atoms with Crippen LogP contribution in [0.2, 0.25) is 5.02 Å². The zero-order chi connectivity index (χ0) is 39.1. The van der Waals surface area contributed by atoms with Crippen molar-refractivity contribution in [2.75, 3.05) is 19.6 Å². The molecule has 3 heterocycles. The Balaban J connectivity index is 0.967. The van der Waals surface area contributed by atoms with Crippen molar-refractivity contribution in [3.05, 3.63) is 137 Å². The minimum atomic E-state index is -0.846. The quantitative estimate of drug-likeness (QED) is 0.0640. The molecule has 55 heavy (non-hydrogen) atoms. The van der Waals surface area contributed by atoms with E-state index in [4.69, 9.17) is 11.6 Å². The Morgan fingerprint density at radius 3 is 1.98 bits per heavy atom. The van der Waals surface area contributed by atoms with Crippen molar-refractivity contribution in [1.29, 1.82) is 0 Å². The SMILES string of the molecule is CC1=Nc2c(c(=O)n(C)c(=O)n2C)C(c2ccc(Cl)c([N+](=O)[O-])c2)C1C(=O)CCCCCCCCCCN1CCC(c2ccccc2)(c2ccccc2)CC1. The van der Waals surface area contributed by atoms with Crippen LogP contribution in [0.1, 0.15) is 106 Å². The summed E-state index contributed by atoms with van der Waals surface area (Å²) in [5, 5.41) is 11.7. The molecular weight excluding hydrogens is 714 g/mol. The number of nitrogens with zero attached hydrogens (tertiary/aromatic N) is 5. The largest absolute Gasteiger partial charge is 0.332 e. The van der Waals surface area contributed by atoms with Crippen LogP contribution in [0.4, 0.5) is 11.5 Å². The lowest BCUT2D eigenvalue weighted by atomic mass is 9.68. The van der Waals surface area contributed by atoms with Gasteiger partial charge in [-0.25, -0.2) is 9.79 Å². The van der Waals surface area contributed by atoms with Crippen molar-refractivity contribution in [3.8, 4) is 0 Å². The van der Waals surface area contributed by atoms with Crippen LogP contribution in [0.3, 0.4) is 0 Å². The summed E-state index contributed by atoms with van der Waals surface area (Å²) < 4.78 is 2.28. The van der Waals surface area contributed by atoms with E-state index in [1.165, 1.54) is 67.6 Å². The summed E-state index contributed by atoms with van der Waals surface area (Å²) in [5.41, 5.74) is 2.57. The van der Waals surface area contributed by atoms with Crippen molar-refractivity contribution < 1.29 is 9.72 Å². The smallest absolute Gasteiger partial charge is 0.303 e. The van der Waals surface area contributed by atoms with Crippen LogP contribution in [0.5, 0.6) is 0 Å². The van der Waals surface area contributed by atoms with Crippen LogP contribution in [0.15, 0.2) is 93.4 Å². The van der Waals surface area contributed by atoms with Crippen LogP contribution < -0.4 is 11.2 Å². The first-order chi connectivity index (χ1) is 26.5. The number of nitro benzene ring substituents is 1. The number of aliphatic imine (C=N–C) groups is 1. The van der Waals surface area contributed by atoms with E-state index in [0.717, 1.165) is 56.3 Å². The minimum Gasteiger partial charge on any atom is -0.303 e. The van der Waals surface area contributed by atoms with E-state index in [2.05, 4.69) is 70.6 Å². The number of fused-ring (bicyclic) bond motifs is 1. The van der Waals surface area contributed by atoms with Gasteiger partial charge in [-0.2, -0.15) is 0 Å². The second-order valence-electron chi connectivity index (χ2n) is 15.3. The number of hydrogen-bond acceptors (Lipinski definition) is 7. The molecular formula is C44H52ClN5O5. The van der Waals surface area contributed by atoms with Crippen LogP contribution in [-0.4, -0.2) is 50.1 Å². The van der Waals surface area contributed by atoms with Gasteiger partial charge in [0.1, 0.15) is 16.6 Å². The topological polar surface area (TPSA) is 120 Å².